The number of hydrogen-bond acceptors (Lipinski definition) is 6. The fraction of sp³-hybridized carbons (Fsp3) is 0.435. The molecule has 7 nitrogen and oxygen atoms in total. The van der Waals surface area contributed by atoms with E-state index in [1.807, 2.05) is 0 Å². The molecule has 1 aromatic carbocycles. The van der Waals surface area contributed by atoms with Gasteiger partial charge in [0.05, 0.1) is 25.3 Å². The number of rotatable bonds is 5. The van der Waals surface area contributed by atoms with Gasteiger partial charge in [0.2, 0.25) is 0 Å². The summed E-state index contributed by atoms with van der Waals surface area (Å²) < 4.78 is 10.5. The Morgan fingerprint density at radius 2 is 1.94 bits per heavy atom. The predicted molar refractivity (Wildman–Crippen MR) is 131 cm³/mol. The number of thiocarbonyl (C=S) groups is 1. The molecule has 1 unspecified atom stereocenters. The van der Waals surface area contributed by atoms with Gasteiger partial charge in [-0.1, -0.05) is 20.8 Å². The number of carbonyl (C=O) groups excluding carboxylic acids is 2. The molecule has 4 N–H and O–H groups in total. The molecular formula is C23H29N3O4S2. The van der Waals surface area contributed by atoms with Crippen LogP contribution in [0.1, 0.15) is 58.3 Å². The summed E-state index contributed by atoms with van der Waals surface area (Å²) in [6, 6.07) is 4.88. The predicted octanol–water partition coefficient (Wildman–Crippen LogP) is 4.14. The van der Waals surface area contributed by atoms with E-state index in [-0.39, 0.29) is 10.5 Å². The van der Waals surface area contributed by atoms with Gasteiger partial charge in [0.25, 0.3) is 11.8 Å². The molecule has 172 valence electrons. The van der Waals surface area contributed by atoms with Crippen LogP contribution in [0, 0.1) is 11.3 Å². The summed E-state index contributed by atoms with van der Waals surface area (Å²) in [6.45, 7) is 6.72. The van der Waals surface area contributed by atoms with Crippen LogP contribution in [-0.4, -0.2) is 31.1 Å². The number of methoxy groups -OCH3 is 2. The van der Waals surface area contributed by atoms with Crippen molar-refractivity contribution in [3.8, 4) is 11.5 Å². The van der Waals surface area contributed by atoms with Crippen LogP contribution >= 0.6 is 23.6 Å². The second-order valence-electron chi connectivity index (χ2n) is 8.85. The van der Waals surface area contributed by atoms with E-state index in [1.54, 1.807) is 18.2 Å². The van der Waals surface area contributed by atoms with Gasteiger partial charge < -0.3 is 20.5 Å². The summed E-state index contributed by atoms with van der Waals surface area (Å²) >= 11 is 6.84. The number of thiophene rings is 1. The van der Waals surface area contributed by atoms with Gasteiger partial charge in [-0.3, -0.25) is 14.9 Å². The lowest BCUT2D eigenvalue weighted by Gasteiger charge is -2.33. The van der Waals surface area contributed by atoms with E-state index in [2.05, 4.69) is 31.4 Å². The Balaban J connectivity index is 1.79. The van der Waals surface area contributed by atoms with Gasteiger partial charge in [-0.05, 0) is 60.5 Å². The van der Waals surface area contributed by atoms with Gasteiger partial charge in [0.15, 0.2) is 5.11 Å². The number of anilines is 1. The van der Waals surface area contributed by atoms with Crippen molar-refractivity contribution in [2.24, 2.45) is 17.1 Å². The average Bonchev–Trinajstić information content (AvgIpc) is 3.09. The van der Waals surface area contributed by atoms with Crippen LogP contribution < -0.4 is 25.8 Å². The van der Waals surface area contributed by atoms with Gasteiger partial charge in [-0.15, -0.1) is 11.3 Å². The summed E-state index contributed by atoms with van der Waals surface area (Å²) in [4.78, 5) is 26.1. The van der Waals surface area contributed by atoms with Crippen molar-refractivity contribution < 1.29 is 19.1 Å². The van der Waals surface area contributed by atoms with E-state index in [1.165, 1.54) is 25.6 Å². The molecule has 1 aliphatic rings. The lowest BCUT2D eigenvalue weighted by atomic mass is 9.72. The van der Waals surface area contributed by atoms with E-state index in [9.17, 15) is 9.59 Å². The maximum Gasteiger partial charge on any atom is 0.261 e. The Morgan fingerprint density at radius 3 is 2.53 bits per heavy atom. The van der Waals surface area contributed by atoms with E-state index >= 15 is 0 Å². The van der Waals surface area contributed by atoms with Crippen molar-refractivity contribution in [1.29, 1.82) is 0 Å². The minimum atomic E-state index is -0.495. The van der Waals surface area contributed by atoms with Crippen LogP contribution in [-0.2, 0) is 12.8 Å². The van der Waals surface area contributed by atoms with Crippen molar-refractivity contribution >= 4 is 45.5 Å². The molecule has 0 spiro atoms. The zero-order chi connectivity index (χ0) is 23.6. The molecule has 1 heterocycles. The topological polar surface area (TPSA) is 103 Å². The zero-order valence-electron chi connectivity index (χ0n) is 19.0. The third kappa shape index (κ3) is 5.05. The molecule has 0 bridgehead atoms. The molecule has 0 radical (unpaired) electrons. The van der Waals surface area contributed by atoms with Crippen molar-refractivity contribution in [3.05, 3.63) is 39.8 Å². The molecular weight excluding hydrogens is 446 g/mol. The molecule has 1 aromatic heterocycles. The van der Waals surface area contributed by atoms with E-state index in [0.717, 1.165) is 29.7 Å². The molecule has 1 atom stereocenters. The largest absolute Gasteiger partial charge is 0.497 e. The third-order valence-electron chi connectivity index (χ3n) is 5.84. The van der Waals surface area contributed by atoms with Gasteiger partial charge in [0.1, 0.15) is 16.5 Å². The lowest BCUT2D eigenvalue weighted by molar-refractivity contribution is 0.0972. The minimum Gasteiger partial charge on any atom is -0.497 e. The second-order valence-corrected chi connectivity index (χ2v) is 10.4. The first kappa shape index (κ1) is 24.0. The van der Waals surface area contributed by atoms with Crippen LogP contribution in [0.15, 0.2) is 18.2 Å². The van der Waals surface area contributed by atoms with Gasteiger partial charge >= 0.3 is 0 Å². The Morgan fingerprint density at radius 1 is 1.22 bits per heavy atom. The number of nitrogens with two attached hydrogens (primary N) is 1. The quantitative estimate of drug-likeness (QED) is 0.562. The van der Waals surface area contributed by atoms with Crippen LogP contribution in [0.5, 0.6) is 11.5 Å². The highest BCUT2D eigenvalue weighted by Gasteiger charge is 2.33. The summed E-state index contributed by atoms with van der Waals surface area (Å²) in [5.74, 6) is 0.531. The third-order valence-corrected chi connectivity index (χ3v) is 7.22. The molecule has 2 amide bonds. The molecule has 3 rings (SSSR count). The Hall–Kier alpha value is -2.65. The molecule has 0 aliphatic heterocycles. The van der Waals surface area contributed by atoms with Crippen molar-refractivity contribution in [2.45, 2.75) is 40.0 Å². The second kappa shape index (κ2) is 9.46. The zero-order valence-corrected chi connectivity index (χ0v) is 20.6. The molecule has 2 aromatic rings. The van der Waals surface area contributed by atoms with Crippen molar-refractivity contribution in [1.82, 2.24) is 5.32 Å². The molecule has 9 heteroatoms. The molecule has 0 saturated heterocycles. The minimum absolute atomic E-state index is 0.0846. The molecule has 0 fully saturated rings. The number of primary amides is 1. The smallest absolute Gasteiger partial charge is 0.261 e. The van der Waals surface area contributed by atoms with Gasteiger partial charge in [0, 0.05) is 10.9 Å². The fourth-order valence-electron chi connectivity index (χ4n) is 3.96. The van der Waals surface area contributed by atoms with Crippen LogP contribution in [0.3, 0.4) is 0 Å². The normalized spacial score (nSPS) is 15.5. The van der Waals surface area contributed by atoms with E-state index in [4.69, 9.17) is 27.4 Å². The number of hydrogen-bond donors (Lipinski definition) is 3. The Kier molecular flexibility index (Phi) is 7.09. The summed E-state index contributed by atoms with van der Waals surface area (Å²) in [5, 5.41) is 6.32. The number of fused-ring (bicyclic) bond motifs is 1. The highest BCUT2D eigenvalue weighted by molar-refractivity contribution is 7.80. The Labute approximate surface area is 197 Å². The molecule has 32 heavy (non-hydrogen) atoms. The van der Waals surface area contributed by atoms with E-state index in [0.29, 0.717) is 33.5 Å². The first-order valence-electron chi connectivity index (χ1n) is 10.3. The average molecular weight is 476 g/mol. The van der Waals surface area contributed by atoms with Crippen LogP contribution in [0.25, 0.3) is 0 Å². The number of ether oxygens (including phenoxy) is 2. The SMILES string of the molecule is COc1ccc(C(=O)NC(=S)Nc2sc3c(c2C(N)=O)CCC(C(C)(C)C)C3)c(OC)c1. The van der Waals surface area contributed by atoms with Crippen molar-refractivity contribution in [2.75, 3.05) is 19.5 Å². The molecule has 0 saturated carbocycles. The van der Waals surface area contributed by atoms with Crippen molar-refractivity contribution in [3.63, 3.8) is 0 Å². The van der Waals surface area contributed by atoms with Gasteiger partial charge in [-0.2, -0.15) is 0 Å². The maximum atomic E-state index is 12.7. The van der Waals surface area contributed by atoms with Gasteiger partial charge in [-0.25, -0.2) is 0 Å². The molecule has 1 aliphatic carbocycles. The number of amides is 2. The first-order valence-corrected chi connectivity index (χ1v) is 11.6. The maximum absolute atomic E-state index is 12.7. The highest BCUT2D eigenvalue weighted by atomic mass is 32.1. The standard InChI is InChI=1S/C23H29N3O4S2/c1-23(2,3)12-6-8-15-17(10-12)32-21(18(15)19(24)27)26-22(31)25-20(28)14-9-7-13(29-4)11-16(14)30-5/h7,9,11-12H,6,8,10H2,1-5H3,(H2,24,27)(H2,25,26,28,31). The summed E-state index contributed by atoms with van der Waals surface area (Å²) in [7, 11) is 3.01. The summed E-state index contributed by atoms with van der Waals surface area (Å²) in [5.41, 5.74) is 7.67. The Bertz CT molecular complexity index is 1060. The van der Waals surface area contributed by atoms with Crippen LogP contribution in [0.2, 0.25) is 0 Å². The fourth-order valence-corrected chi connectivity index (χ4v) is 5.56. The first-order chi connectivity index (χ1) is 15.0. The number of benzene rings is 1. The van der Waals surface area contributed by atoms with E-state index < -0.39 is 11.8 Å². The number of carbonyl (C=O) groups is 2. The number of nitrogens with one attached hydrogen (secondary N) is 2. The lowest BCUT2D eigenvalue weighted by Crippen LogP contribution is -2.34. The monoisotopic (exact) mass is 475 g/mol. The summed E-state index contributed by atoms with van der Waals surface area (Å²) in [6.07, 6.45) is 2.70. The van der Waals surface area contributed by atoms with Crippen LogP contribution in [0.4, 0.5) is 5.00 Å². The highest BCUT2D eigenvalue weighted by Crippen LogP contribution is 2.44.